The second-order valence-electron chi connectivity index (χ2n) is 5.58. The molecule has 0 heterocycles. The Morgan fingerprint density at radius 2 is 1.35 bits per heavy atom. The summed E-state index contributed by atoms with van der Waals surface area (Å²) in [6, 6.07) is 0.566. The summed E-state index contributed by atoms with van der Waals surface area (Å²) in [4.78, 5) is 4.25. The van der Waals surface area contributed by atoms with Gasteiger partial charge in [0.15, 0.2) is 0 Å². The van der Waals surface area contributed by atoms with Gasteiger partial charge in [0, 0.05) is 12.1 Å². The van der Waals surface area contributed by atoms with Crippen LogP contribution in [0.3, 0.4) is 0 Å². The van der Waals surface area contributed by atoms with Crippen LogP contribution in [0.5, 0.6) is 0 Å². The van der Waals surface area contributed by atoms with Gasteiger partial charge >= 0.3 is 0 Å². The minimum Gasteiger partial charge on any atom is -0.395 e. The van der Waals surface area contributed by atoms with Crippen LogP contribution in [0, 0.1) is 0 Å². The molecule has 0 saturated carbocycles. The Hall–Kier alpha value is -0.160. The van der Waals surface area contributed by atoms with Crippen LogP contribution in [0.15, 0.2) is 0 Å². The van der Waals surface area contributed by atoms with Crippen molar-refractivity contribution in [3.8, 4) is 0 Å². The maximum absolute atomic E-state index is 9.92. The molecule has 0 fully saturated rings. The second-order valence-corrected chi connectivity index (χ2v) is 5.58. The highest BCUT2D eigenvalue weighted by molar-refractivity contribution is 4.90. The Morgan fingerprint density at radius 3 is 1.53 bits per heavy atom. The third-order valence-electron chi connectivity index (χ3n) is 3.25. The summed E-state index contributed by atoms with van der Waals surface area (Å²) in [5.74, 6) is 0. The van der Waals surface area contributed by atoms with E-state index in [-0.39, 0.29) is 18.7 Å². The van der Waals surface area contributed by atoms with E-state index >= 15 is 0 Å². The first-order valence-corrected chi connectivity index (χ1v) is 6.46. The first-order valence-electron chi connectivity index (χ1n) is 6.46. The average molecular weight is 246 g/mol. The Balaban J connectivity index is 5.11. The Labute approximate surface area is 106 Å². The summed E-state index contributed by atoms with van der Waals surface area (Å²) in [5.41, 5.74) is 0. The Kier molecular flexibility index (Phi) is 7.24. The topological polar surface area (TPSA) is 46.9 Å². The number of aliphatic hydroxyl groups excluding tert-OH is 2. The van der Waals surface area contributed by atoms with Crippen LogP contribution in [0.2, 0.25) is 0 Å². The Morgan fingerprint density at radius 1 is 0.941 bits per heavy atom. The van der Waals surface area contributed by atoms with Gasteiger partial charge in [0.25, 0.3) is 0 Å². The molecule has 0 rings (SSSR count). The Bertz CT molecular complexity index is 170. The van der Waals surface area contributed by atoms with E-state index in [0.717, 1.165) is 0 Å². The number of hydrogen-bond acceptors (Lipinski definition) is 4. The third-order valence-corrected chi connectivity index (χ3v) is 3.25. The molecule has 17 heavy (non-hydrogen) atoms. The molecule has 0 amide bonds. The lowest BCUT2D eigenvalue weighted by Crippen LogP contribution is -2.59. The van der Waals surface area contributed by atoms with Gasteiger partial charge in [-0.1, -0.05) is 0 Å². The molecule has 0 aromatic rings. The van der Waals surface area contributed by atoms with Crippen molar-refractivity contribution in [3.05, 3.63) is 0 Å². The lowest BCUT2D eigenvalue weighted by molar-refractivity contribution is -0.0258. The molecule has 0 bridgehead atoms. The standard InChI is InChI=1S/C13H30N2O2/c1-9(2)15(10(3)4)12(8-16)13(11(5)17)14(6)7/h9-13,16-17H,8H2,1-7H3. The summed E-state index contributed by atoms with van der Waals surface area (Å²) in [7, 11) is 3.89. The SMILES string of the molecule is CC(O)C(C(CO)N(C(C)C)C(C)C)N(C)C. The second kappa shape index (κ2) is 7.31. The van der Waals surface area contributed by atoms with Crippen molar-refractivity contribution in [2.45, 2.75) is 64.9 Å². The van der Waals surface area contributed by atoms with E-state index in [1.54, 1.807) is 6.92 Å². The maximum atomic E-state index is 9.92. The lowest BCUT2D eigenvalue weighted by atomic mass is 9.98. The fourth-order valence-corrected chi connectivity index (χ4v) is 2.84. The van der Waals surface area contributed by atoms with Crippen molar-refractivity contribution >= 4 is 0 Å². The van der Waals surface area contributed by atoms with Gasteiger partial charge in [-0.2, -0.15) is 0 Å². The van der Waals surface area contributed by atoms with Gasteiger partial charge in [0.2, 0.25) is 0 Å². The summed E-state index contributed by atoms with van der Waals surface area (Å²) < 4.78 is 0. The molecule has 0 aliphatic heterocycles. The van der Waals surface area contributed by atoms with E-state index in [2.05, 4.69) is 32.6 Å². The molecule has 0 saturated heterocycles. The molecule has 0 radical (unpaired) electrons. The molecule has 2 N–H and O–H groups in total. The first-order chi connectivity index (χ1) is 7.73. The van der Waals surface area contributed by atoms with Crippen molar-refractivity contribution in [1.82, 2.24) is 9.80 Å². The summed E-state index contributed by atoms with van der Waals surface area (Å²) >= 11 is 0. The van der Waals surface area contributed by atoms with Crippen molar-refractivity contribution in [3.63, 3.8) is 0 Å². The highest BCUT2D eigenvalue weighted by Crippen LogP contribution is 2.18. The van der Waals surface area contributed by atoms with Crippen LogP contribution in [-0.4, -0.2) is 71.0 Å². The van der Waals surface area contributed by atoms with Crippen molar-refractivity contribution < 1.29 is 10.2 Å². The highest BCUT2D eigenvalue weighted by Gasteiger charge is 2.34. The minimum absolute atomic E-state index is 0.0509. The zero-order valence-electron chi connectivity index (χ0n) is 12.4. The van der Waals surface area contributed by atoms with E-state index in [1.165, 1.54) is 0 Å². The molecule has 104 valence electrons. The molecule has 3 atom stereocenters. The van der Waals surface area contributed by atoms with Crippen molar-refractivity contribution in [2.75, 3.05) is 20.7 Å². The smallest absolute Gasteiger partial charge is 0.0683 e. The number of likely N-dealkylation sites (N-methyl/N-ethyl adjacent to an activating group) is 1. The van der Waals surface area contributed by atoms with E-state index in [4.69, 9.17) is 0 Å². The molecule has 0 aliphatic rings. The number of nitrogens with zero attached hydrogens (tertiary/aromatic N) is 2. The predicted molar refractivity (Wildman–Crippen MR) is 72.1 cm³/mol. The highest BCUT2D eigenvalue weighted by atomic mass is 16.3. The fraction of sp³-hybridized carbons (Fsp3) is 1.00. The van der Waals surface area contributed by atoms with Crippen molar-refractivity contribution in [1.29, 1.82) is 0 Å². The largest absolute Gasteiger partial charge is 0.395 e. The minimum atomic E-state index is -0.470. The molecule has 0 aromatic carbocycles. The molecule has 4 heteroatoms. The van der Waals surface area contributed by atoms with Crippen LogP contribution in [0.4, 0.5) is 0 Å². The van der Waals surface area contributed by atoms with Crippen LogP contribution < -0.4 is 0 Å². The first kappa shape index (κ1) is 16.8. The maximum Gasteiger partial charge on any atom is 0.0683 e. The van der Waals surface area contributed by atoms with Gasteiger partial charge in [-0.25, -0.2) is 0 Å². The third kappa shape index (κ3) is 4.54. The average Bonchev–Trinajstić information content (AvgIpc) is 2.13. The zero-order valence-corrected chi connectivity index (χ0v) is 12.4. The number of rotatable bonds is 7. The molecular formula is C13H30N2O2. The summed E-state index contributed by atoms with van der Waals surface area (Å²) in [6.07, 6.45) is -0.470. The van der Waals surface area contributed by atoms with Crippen molar-refractivity contribution in [2.24, 2.45) is 0 Å². The van der Waals surface area contributed by atoms with E-state index in [0.29, 0.717) is 12.1 Å². The van der Waals surface area contributed by atoms with Crippen LogP contribution in [0.25, 0.3) is 0 Å². The number of hydrogen-bond donors (Lipinski definition) is 2. The van der Waals surface area contributed by atoms with Gasteiger partial charge < -0.3 is 15.1 Å². The van der Waals surface area contributed by atoms with Crippen LogP contribution in [0.1, 0.15) is 34.6 Å². The van der Waals surface area contributed by atoms with E-state index in [1.807, 2.05) is 19.0 Å². The van der Waals surface area contributed by atoms with Gasteiger partial charge in [-0.3, -0.25) is 4.90 Å². The normalized spacial score (nSPS) is 18.2. The quantitative estimate of drug-likeness (QED) is 0.697. The van der Waals surface area contributed by atoms with Crippen LogP contribution >= 0.6 is 0 Å². The molecule has 4 nitrogen and oxygen atoms in total. The van der Waals surface area contributed by atoms with Gasteiger partial charge in [-0.05, 0) is 48.7 Å². The summed E-state index contributed by atoms with van der Waals surface area (Å²) in [6.45, 7) is 10.3. The van der Waals surface area contributed by atoms with E-state index in [9.17, 15) is 10.2 Å². The zero-order chi connectivity index (χ0) is 13.7. The van der Waals surface area contributed by atoms with Gasteiger partial charge in [-0.15, -0.1) is 0 Å². The lowest BCUT2D eigenvalue weighted by Gasteiger charge is -2.44. The molecule has 0 spiro atoms. The fourth-order valence-electron chi connectivity index (χ4n) is 2.84. The number of aliphatic hydroxyl groups is 2. The van der Waals surface area contributed by atoms with Crippen LogP contribution in [-0.2, 0) is 0 Å². The molecule has 0 aromatic heterocycles. The van der Waals surface area contributed by atoms with E-state index < -0.39 is 6.10 Å². The molecular weight excluding hydrogens is 216 g/mol. The summed E-state index contributed by atoms with van der Waals surface area (Å²) in [5, 5.41) is 19.6. The molecule has 3 unspecified atom stereocenters. The predicted octanol–water partition coefficient (Wildman–Crippen LogP) is 0.777. The monoisotopic (exact) mass is 246 g/mol. The molecule has 0 aliphatic carbocycles. The van der Waals surface area contributed by atoms with Gasteiger partial charge in [0.05, 0.1) is 24.8 Å². The van der Waals surface area contributed by atoms with Gasteiger partial charge in [0.1, 0.15) is 0 Å².